The van der Waals surface area contributed by atoms with Crippen LogP contribution >= 0.6 is 0 Å². The average Bonchev–Trinajstić information content (AvgIpc) is 2.07. The molecule has 1 unspecified atom stereocenters. The van der Waals surface area contributed by atoms with Crippen LogP contribution in [-0.4, -0.2) is 11.1 Å². The third-order valence-corrected chi connectivity index (χ3v) is 1.42. The van der Waals surface area contributed by atoms with Crippen LogP contribution in [0.15, 0.2) is 30.3 Å². The summed E-state index contributed by atoms with van der Waals surface area (Å²) in [5.41, 5.74) is 0.285. The molecule has 0 saturated heterocycles. The Labute approximate surface area is 68.3 Å². The summed E-state index contributed by atoms with van der Waals surface area (Å²) in [4.78, 5) is 13.7. The number of halogens is 1. The van der Waals surface area contributed by atoms with Crippen molar-refractivity contribution in [2.45, 2.75) is 6.10 Å². The zero-order chi connectivity index (χ0) is 8.97. The van der Waals surface area contributed by atoms with E-state index < -0.39 is 12.1 Å². The number of rotatable bonds is 3. The molecule has 64 valence electrons. The van der Waals surface area contributed by atoms with Gasteiger partial charge in [-0.25, -0.2) is 4.79 Å². The summed E-state index contributed by atoms with van der Waals surface area (Å²) in [7, 11) is 0. The molecule has 0 bridgehead atoms. The molecule has 0 aliphatic heterocycles. The highest BCUT2D eigenvalue weighted by molar-refractivity contribution is 5.74. The van der Waals surface area contributed by atoms with E-state index in [9.17, 15) is 9.32 Å². The minimum atomic E-state index is -1.52. The highest BCUT2D eigenvalue weighted by atomic mass is 19.3. The molecule has 1 aromatic rings. The summed E-state index contributed by atoms with van der Waals surface area (Å²) in [6, 6.07) is 7.91. The van der Waals surface area contributed by atoms with Crippen LogP contribution in [0.5, 0.6) is 0 Å². The van der Waals surface area contributed by atoms with Crippen molar-refractivity contribution in [1.82, 2.24) is 0 Å². The zero-order valence-corrected chi connectivity index (χ0v) is 6.11. The second-order valence-corrected chi connectivity index (χ2v) is 2.22. The van der Waals surface area contributed by atoms with E-state index >= 15 is 0 Å². The van der Waals surface area contributed by atoms with E-state index in [2.05, 4.69) is 4.94 Å². The summed E-state index contributed by atoms with van der Waals surface area (Å²) >= 11 is 0. The van der Waals surface area contributed by atoms with Gasteiger partial charge in [0.15, 0.2) is 0 Å². The fourth-order valence-corrected chi connectivity index (χ4v) is 0.860. The Bertz CT molecular complexity index is 260. The van der Waals surface area contributed by atoms with Crippen LogP contribution in [0.25, 0.3) is 0 Å². The molecule has 0 spiro atoms. The van der Waals surface area contributed by atoms with Crippen LogP contribution in [0.2, 0.25) is 0 Å². The maximum absolute atomic E-state index is 11.7. The molecule has 1 atom stereocenters. The Kier molecular flexibility index (Phi) is 2.76. The van der Waals surface area contributed by atoms with Crippen molar-refractivity contribution in [1.29, 1.82) is 0 Å². The molecule has 1 N–H and O–H groups in total. The van der Waals surface area contributed by atoms with Gasteiger partial charge in [0.1, 0.15) is 0 Å². The van der Waals surface area contributed by atoms with E-state index in [1.165, 1.54) is 12.1 Å². The molecule has 4 heteroatoms. The van der Waals surface area contributed by atoms with Crippen LogP contribution in [-0.2, 0) is 9.74 Å². The number of aliphatic carboxylic acids is 1. The molecule has 0 aliphatic carbocycles. The number of hydrogen-bond acceptors (Lipinski definition) is 2. The molecule has 0 fully saturated rings. The van der Waals surface area contributed by atoms with E-state index in [0.29, 0.717) is 0 Å². The zero-order valence-electron chi connectivity index (χ0n) is 6.11. The second-order valence-electron chi connectivity index (χ2n) is 2.22. The van der Waals surface area contributed by atoms with Crippen molar-refractivity contribution < 1.29 is 19.4 Å². The Morgan fingerprint density at radius 3 is 2.42 bits per heavy atom. The summed E-state index contributed by atoms with van der Waals surface area (Å²) < 4.78 is 11.7. The molecule has 0 saturated carbocycles. The third kappa shape index (κ3) is 1.79. The van der Waals surface area contributed by atoms with E-state index in [1.54, 1.807) is 18.2 Å². The Morgan fingerprint density at radius 2 is 2.00 bits per heavy atom. The van der Waals surface area contributed by atoms with Crippen LogP contribution in [0.4, 0.5) is 4.53 Å². The number of carboxylic acid groups (broad SMARTS) is 1. The first kappa shape index (κ1) is 8.67. The van der Waals surface area contributed by atoms with Gasteiger partial charge in [0.25, 0.3) is 0 Å². The standard InChI is InChI=1S/C8H7FO3/c9-12-7(8(10)11)6-4-2-1-3-5-6/h1-5,7H,(H,10,11). The van der Waals surface area contributed by atoms with Gasteiger partial charge in [0.05, 0.1) is 0 Å². The average molecular weight is 170 g/mol. The van der Waals surface area contributed by atoms with Gasteiger partial charge in [-0.05, 0) is 10.1 Å². The van der Waals surface area contributed by atoms with Crippen molar-refractivity contribution in [2.24, 2.45) is 0 Å². The Balaban J connectivity index is 2.88. The lowest BCUT2D eigenvalue weighted by atomic mass is 10.1. The fraction of sp³-hybridized carbons (Fsp3) is 0.125. The van der Waals surface area contributed by atoms with Crippen molar-refractivity contribution >= 4 is 5.97 Å². The van der Waals surface area contributed by atoms with E-state index in [0.717, 1.165) is 0 Å². The molecule has 0 aromatic heterocycles. The van der Waals surface area contributed by atoms with Gasteiger partial charge in [-0.2, -0.15) is 4.94 Å². The summed E-state index contributed by atoms with van der Waals surface area (Å²) in [6.07, 6.45) is -1.52. The largest absolute Gasteiger partial charge is 0.479 e. The summed E-state index contributed by atoms with van der Waals surface area (Å²) in [5.74, 6) is -1.34. The normalized spacial score (nSPS) is 12.4. The lowest BCUT2D eigenvalue weighted by molar-refractivity contribution is -0.201. The topological polar surface area (TPSA) is 46.5 Å². The minimum absolute atomic E-state index is 0.285. The van der Waals surface area contributed by atoms with Crippen LogP contribution in [0.3, 0.4) is 0 Å². The van der Waals surface area contributed by atoms with E-state index in [1.807, 2.05) is 0 Å². The lowest BCUT2D eigenvalue weighted by Crippen LogP contribution is -2.11. The summed E-state index contributed by atoms with van der Waals surface area (Å²) in [5, 5.41) is 8.46. The maximum Gasteiger partial charge on any atom is 0.341 e. The molecule has 1 aromatic carbocycles. The van der Waals surface area contributed by atoms with Gasteiger partial charge < -0.3 is 5.11 Å². The predicted molar refractivity (Wildman–Crippen MR) is 39.0 cm³/mol. The SMILES string of the molecule is O=C(O)C(OF)c1ccccc1. The van der Waals surface area contributed by atoms with Crippen molar-refractivity contribution in [3.63, 3.8) is 0 Å². The molecular formula is C8H7FO3. The van der Waals surface area contributed by atoms with Crippen LogP contribution in [0, 0.1) is 0 Å². The highest BCUT2D eigenvalue weighted by Gasteiger charge is 2.20. The van der Waals surface area contributed by atoms with Crippen LogP contribution < -0.4 is 0 Å². The first-order chi connectivity index (χ1) is 5.75. The van der Waals surface area contributed by atoms with Gasteiger partial charge in [0.2, 0.25) is 6.10 Å². The predicted octanol–water partition coefficient (Wildman–Crippen LogP) is 1.71. The van der Waals surface area contributed by atoms with Crippen molar-refractivity contribution in [3.05, 3.63) is 35.9 Å². The quantitative estimate of drug-likeness (QED) is 0.751. The lowest BCUT2D eigenvalue weighted by Gasteiger charge is -2.05. The van der Waals surface area contributed by atoms with Crippen LogP contribution in [0.1, 0.15) is 11.7 Å². The molecule has 1 rings (SSSR count). The summed E-state index contributed by atoms with van der Waals surface area (Å²) in [6.45, 7) is 0. The Hall–Kier alpha value is -1.42. The van der Waals surface area contributed by atoms with Gasteiger partial charge in [-0.1, -0.05) is 30.3 Å². The molecule has 3 nitrogen and oxygen atoms in total. The molecule has 0 heterocycles. The van der Waals surface area contributed by atoms with Crippen molar-refractivity contribution in [2.75, 3.05) is 0 Å². The third-order valence-electron chi connectivity index (χ3n) is 1.42. The fourth-order valence-electron chi connectivity index (χ4n) is 0.860. The first-order valence-corrected chi connectivity index (χ1v) is 3.31. The van der Waals surface area contributed by atoms with Crippen molar-refractivity contribution in [3.8, 4) is 0 Å². The first-order valence-electron chi connectivity index (χ1n) is 3.31. The Morgan fingerprint density at radius 1 is 1.42 bits per heavy atom. The van der Waals surface area contributed by atoms with Gasteiger partial charge >= 0.3 is 5.97 Å². The molecule has 12 heavy (non-hydrogen) atoms. The number of carboxylic acids is 1. The highest BCUT2D eigenvalue weighted by Crippen LogP contribution is 2.16. The van der Waals surface area contributed by atoms with Gasteiger partial charge in [0, 0.05) is 0 Å². The van der Waals surface area contributed by atoms with Gasteiger partial charge in [-0.15, -0.1) is 0 Å². The second kappa shape index (κ2) is 3.82. The maximum atomic E-state index is 11.7. The van der Waals surface area contributed by atoms with E-state index in [4.69, 9.17) is 5.11 Å². The molecular weight excluding hydrogens is 163 g/mol. The smallest absolute Gasteiger partial charge is 0.341 e. The molecule has 0 amide bonds. The number of benzene rings is 1. The van der Waals surface area contributed by atoms with E-state index in [-0.39, 0.29) is 5.56 Å². The number of carbonyl (C=O) groups is 1. The number of hydrogen-bond donors (Lipinski definition) is 1. The monoisotopic (exact) mass is 170 g/mol. The molecule has 0 aliphatic rings. The molecule has 0 radical (unpaired) electrons. The minimum Gasteiger partial charge on any atom is -0.479 e. The van der Waals surface area contributed by atoms with Gasteiger partial charge in [-0.3, -0.25) is 0 Å².